The molecule has 2 atom stereocenters. The molecule has 1 amide bonds. The van der Waals surface area contributed by atoms with E-state index in [1.807, 2.05) is 4.90 Å². The molecule has 2 heterocycles. The number of aromatic nitrogens is 1. The predicted molar refractivity (Wildman–Crippen MR) is 63.6 cm³/mol. The predicted octanol–water partition coefficient (Wildman–Crippen LogP) is 2.23. The van der Waals surface area contributed by atoms with E-state index >= 15 is 0 Å². The summed E-state index contributed by atoms with van der Waals surface area (Å²) in [7, 11) is 0. The van der Waals surface area contributed by atoms with Crippen molar-refractivity contribution in [3.05, 3.63) is 17.5 Å². The minimum Gasteiger partial charge on any atom is -0.361 e. The second-order valence-corrected chi connectivity index (χ2v) is 5.50. The summed E-state index contributed by atoms with van der Waals surface area (Å²) < 4.78 is 4.92. The lowest BCUT2D eigenvalue weighted by molar-refractivity contribution is 0.0688. The van der Waals surface area contributed by atoms with E-state index in [-0.39, 0.29) is 5.91 Å². The first-order valence-corrected chi connectivity index (χ1v) is 6.35. The van der Waals surface area contributed by atoms with Gasteiger partial charge in [0.25, 0.3) is 5.91 Å². The minimum atomic E-state index is 0.0324. The number of carbonyl (C=O) groups excluding carboxylic acids is 1. The third-order valence-corrected chi connectivity index (χ3v) is 4.43. The first-order valence-electron chi connectivity index (χ1n) is 5.44. The largest absolute Gasteiger partial charge is 0.361 e. The maximum absolute atomic E-state index is 12.1. The molecule has 0 bridgehead atoms. The highest BCUT2D eigenvalue weighted by molar-refractivity contribution is 9.09. The number of carbonyl (C=O) groups is 1. The smallest absolute Gasteiger partial charge is 0.259 e. The van der Waals surface area contributed by atoms with Gasteiger partial charge in [-0.15, -0.1) is 0 Å². The van der Waals surface area contributed by atoms with Crippen LogP contribution in [0.25, 0.3) is 0 Å². The second-order valence-electron chi connectivity index (χ2n) is 4.33. The highest BCUT2D eigenvalue weighted by atomic mass is 79.9. The fourth-order valence-corrected chi connectivity index (χ4v) is 2.35. The summed E-state index contributed by atoms with van der Waals surface area (Å²) in [4.78, 5) is 14.5. The van der Waals surface area contributed by atoms with Gasteiger partial charge in [-0.25, -0.2) is 0 Å². The number of hydrogen-bond acceptors (Lipinski definition) is 3. The lowest BCUT2D eigenvalue weighted by Gasteiger charge is -2.34. The van der Waals surface area contributed by atoms with E-state index in [1.165, 1.54) is 6.20 Å². The summed E-state index contributed by atoms with van der Waals surface area (Å²) in [6.07, 6.45) is 2.50. The molecule has 0 spiro atoms. The molecule has 4 nitrogen and oxygen atoms in total. The summed E-state index contributed by atoms with van der Waals surface area (Å²) in [6.45, 7) is 5.50. The van der Waals surface area contributed by atoms with Crippen LogP contribution < -0.4 is 0 Å². The molecule has 1 aliphatic rings. The van der Waals surface area contributed by atoms with Crippen LogP contribution in [0.1, 0.15) is 29.5 Å². The van der Waals surface area contributed by atoms with E-state index in [4.69, 9.17) is 4.52 Å². The van der Waals surface area contributed by atoms with Crippen LogP contribution in [0, 0.1) is 12.8 Å². The number of alkyl halides is 1. The molecule has 0 saturated carbocycles. The van der Waals surface area contributed by atoms with Crippen LogP contribution in [0.15, 0.2) is 10.7 Å². The Balaban J connectivity index is 2.09. The Morgan fingerprint density at radius 3 is 3.00 bits per heavy atom. The van der Waals surface area contributed by atoms with Crippen molar-refractivity contribution in [2.45, 2.75) is 25.1 Å². The van der Waals surface area contributed by atoms with Crippen LogP contribution in [-0.2, 0) is 0 Å². The number of amides is 1. The Morgan fingerprint density at radius 2 is 2.44 bits per heavy atom. The van der Waals surface area contributed by atoms with Gasteiger partial charge in [-0.3, -0.25) is 4.79 Å². The summed E-state index contributed by atoms with van der Waals surface area (Å²) in [5.41, 5.74) is 0.584. The van der Waals surface area contributed by atoms with Gasteiger partial charge < -0.3 is 9.42 Å². The van der Waals surface area contributed by atoms with Crippen molar-refractivity contribution in [3.63, 3.8) is 0 Å². The van der Waals surface area contributed by atoms with Crippen LogP contribution in [0.2, 0.25) is 0 Å². The summed E-state index contributed by atoms with van der Waals surface area (Å²) in [5.74, 6) is 1.11. The molecule has 88 valence electrons. The molecule has 1 saturated heterocycles. The van der Waals surface area contributed by atoms with Crippen molar-refractivity contribution in [1.29, 1.82) is 0 Å². The standard InChI is InChI=1S/C11H15BrN2O2/c1-7-6-14(4-3-10(7)12)11(15)9-5-13-16-8(9)2/h5,7,10H,3-4,6H2,1-2H3. The lowest BCUT2D eigenvalue weighted by atomic mass is 9.99. The zero-order valence-electron chi connectivity index (χ0n) is 9.44. The topological polar surface area (TPSA) is 46.3 Å². The van der Waals surface area contributed by atoms with Gasteiger partial charge in [-0.05, 0) is 19.3 Å². The Kier molecular flexibility index (Phi) is 3.33. The van der Waals surface area contributed by atoms with Crippen molar-refractivity contribution in [3.8, 4) is 0 Å². The molecule has 2 rings (SSSR count). The quantitative estimate of drug-likeness (QED) is 0.744. The van der Waals surface area contributed by atoms with Crippen molar-refractivity contribution >= 4 is 21.8 Å². The van der Waals surface area contributed by atoms with Crippen LogP contribution in [0.3, 0.4) is 0 Å². The van der Waals surface area contributed by atoms with Gasteiger partial charge in [0, 0.05) is 17.9 Å². The maximum atomic E-state index is 12.1. The van der Waals surface area contributed by atoms with Gasteiger partial charge >= 0.3 is 0 Å². The third-order valence-electron chi connectivity index (χ3n) is 3.07. The van der Waals surface area contributed by atoms with Crippen molar-refractivity contribution < 1.29 is 9.32 Å². The van der Waals surface area contributed by atoms with Crippen LogP contribution in [0.4, 0.5) is 0 Å². The molecule has 1 aliphatic heterocycles. The van der Waals surface area contributed by atoms with Crippen molar-refractivity contribution in [2.75, 3.05) is 13.1 Å². The minimum absolute atomic E-state index is 0.0324. The first-order chi connectivity index (χ1) is 7.59. The molecular weight excluding hydrogens is 272 g/mol. The van der Waals surface area contributed by atoms with Crippen LogP contribution in [0.5, 0.6) is 0 Å². The molecule has 16 heavy (non-hydrogen) atoms. The molecular formula is C11H15BrN2O2. The molecule has 1 aromatic heterocycles. The number of aryl methyl sites for hydroxylation is 1. The van der Waals surface area contributed by atoms with E-state index < -0.39 is 0 Å². The average Bonchev–Trinajstić information content (AvgIpc) is 2.67. The number of nitrogens with zero attached hydrogens (tertiary/aromatic N) is 2. The number of rotatable bonds is 1. The fourth-order valence-electron chi connectivity index (χ4n) is 1.98. The molecule has 2 unspecified atom stereocenters. The number of piperidine rings is 1. The second kappa shape index (κ2) is 4.57. The van der Waals surface area contributed by atoms with Crippen LogP contribution >= 0.6 is 15.9 Å². The molecule has 0 N–H and O–H groups in total. The van der Waals surface area contributed by atoms with E-state index in [1.54, 1.807) is 6.92 Å². The van der Waals surface area contributed by atoms with Crippen molar-refractivity contribution in [2.24, 2.45) is 5.92 Å². The normalized spacial score (nSPS) is 25.8. The molecule has 5 heteroatoms. The highest BCUT2D eigenvalue weighted by Gasteiger charge is 2.28. The number of likely N-dealkylation sites (tertiary alicyclic amines) is 1. The van der Waals surface area contributed by atoms with Gasteiger partial charge in [-0.1, -0.05) is 28.0 Å². The highest BCUT2D eigenvalue weighted by Crippen LogP contribution is 2.24. The molecule has 0 aromatic carbocycles. The zero-order valence-corrected chi connectivity index (χ0v) is 11.0. The average molecular weight is 287 g/mol. The monoisotopic (exact) mass is 286 g/mol. The van der Waals surface area contributed by atoms with Gasteiger partial charge in [-0.2, -0.15) is 0 Å². The van der Waals surface area contributed by atoms with E-state index in [0.717, 1.165) is 19.5 Å². The molecule has 1 fully saturated rings. The summed E-state index contributed by atoms with van der Waals surface area (Å²) in [6, 6.07) is 0. The first kappa shape index (κ1) is 11.6. The van der Waals surface area contributed by atoms with E-state index in [9.17, 15) is 4.79 Å². The SMILES string of the molecule is Cc1oncc1C(=O)N1CCC(Br)C(C)C1. The molecule has 0 radical (unpaired) electrons. The molecule has 1 aromatic rings. The van der Waals surface area contributed by atoms with Crippen LogP contribution in [-0.4, -0.2) is 33.9 Å². The van der Waals surface area contributed by atoms with E-state index in [2.05, 4.69) is 28.0 Å². The summed E-state index contributed by atoms with van der Waals surface area (Å²) >= 11 is 3.62. The Bertz CT molecular complexity index is 391. The molecule has 0 aliphatic carbocycles. The Morgan fingerprint density at radius 1 is 1.69 bits per heavy atom. The Labute approximate surface area is 103 Å². The third kappa shape index (κ3) is 2.14. The number of hydrogen-bond donors (Lipinski definition) is 0. The zero-order chi connectivity index (χ0) is 11.7. The summed E-state index contributed by atoms with van der Waals surface area (Å²) in [5, 5.41) is 3.64. The number of halogens is 1. The maximum Gasteiger partial charge on any atom is 0.259 e. The lowest BCUT2D eigenvalue weighted by Crippen LogP contribution is -2.43. The van der Waals surface area contributed by atoms with E-state index in [0.29, 0.717) is 22.1 Å². The van der Waals surface area contributed by atoms with Gasteiger partial charge in [0.1, 0.15) is 11.3 Å². The van der Waals surface area contributed by atoms with Gasteiger partial charge in [0.15, 0.2) is 0 Å². The van der Waals surface area contributed by atoms with Gasteiger partial charge in [0.2, 0.25) is 0 Å². The fraction of sp³-hybridized carbons (Fsp3) is 0.636. The van der Waals surface area contributed by atoms with Gasteiger partial charge in [0.05, 0.1) is 6.20 Å². The van der Waals surface area contributed by atoms with Crippen molar-refractivity contribution in [1.82, 2.24) is 10.1 Å². The Hall–Kier alpha value is -0.840.